The van der Waals surface area contributed by atoms with Crippen molar-refractivity contribution in [2.75, 3.05) is 0 Å². The SMILES string of the molecule is CCC(C)Cn1c(CC2CCCCC2)nc2cc(C(=O)NC(CC3CCCCC3)C(=O)O)ccc21. The summed E-state index contributed by atoms with van der Waals surface area (Å²) in [6, 6.07) is 4.84. The maximum atomic E-state index is 13.1. The number of rotatable bonds is 10. The topological polar surface area (TPSA) is 84.2 Å². The Bertz CT molecular complexity index is 1000. The number of hydrogen-bond acceptors (Lipinski definition) is 3. The number of carbonyl (C=O) groups is 2. The summed E-state index contributed by atoms with van der Waals surface area (Å²) in [6.45, 7) is 5.43. The van der Waals surface area contributed by atoms with E-state index in [0.29, 0.717) is 29.7 Å². The molecule has 4 rings (SSSR count). The highest BCUT2D eigenvalue weighted by atomic mass is 16.4. The van der Waals surface area contributed by atoms with Gasteiger partial charge in [0.2, 0.25) is 0 Å². The van der Waals surface area contributed by atoms with E-state index in [1.807, 2.05) is 18.2 Å². The van der Waals surface area contributed by atoms with Crippen molar-refractivity contribution in [3.05, 3.63) is 29.6 Å². The number of carbonyl (C=O) groups excluding carboxylic acids is 1. The molecular weight excluding hydrogens is 438 g/mol. The average molecular weight is 482 g/mol. The third-order valence-corrected chi connectivity index (χ3v) is 8.37. The number of carboxylic acids is 1. The van der Waals surface area contributed by atoms with E-state index in [1.54, 1.807) is 0 Å². The maximum absolute atomic E-state index is 13.1. The number of benzene rings is 1. The zero-order chi connectivity index (χ0) is 24.8. The van der Waals surface area contributed by atoms with Gasteiger partial charge in [0.25, 0.3) is 5.91 Å². The van der Waals surface area contributed by atoms with Crippen molar-refractivity contribution < 1.29 is 14.7 Å². The summed E-state index contributed by atoms with van der Waals surface area (Å²) in [5, 5.41) is 12.5. The molecule has 1 aromatic carbocycles. The third kappa shape index (κ3) is 6.65. The predicted octanol–water partition coefficient (Wildman–Crippen LogP) is 6.36. The number of hydrogen-bond donors (Lipinski definition) is 2. The first-order valence-electron chi connectivity index (χ1n) is 14.0. The van der Waals surface area contributed by atoms with Crippen LogP contribution in [0.5, 0.6) is 0 Å². The van der Waals surface area contributed by atoms with Crippen LogP contribution in [0.15, 0.2) is 18.2 Å². The molecule has 0 radical (unpaired) electrons. The summed E-state index contributed by atoms with van der Waals surface area (Å²) in [5.41, 5.74) is 2.40. The van der Waals surface area contributed by atoms with Gasteiger partial charge in [0.15, 0.2) is 0 Å². The van der Waals surface area contributed by atoms with E-state index in [1.165, 1.54) is 38.5 Å². The van der Waals surface area contributed by atoms with Crippen LogP contribution in [0.4, 0.5) is 0 Å². The number of imidazole rings is 1. The lowest BCUT2D eigenvalue weighted by molar-refractivity contribution is -0.139. The molecule has 1 amide bonds. The highest BCUT2D eigenvalue weighted by Crippen LogP contribution is 2.30. The van der Waals surface area contributed by atoms with Gasteiger partial charge in [-0.05, 0) is 42.4 Å². The van der Waals surface area contributed by atoms with Crippen LogP contribution < -0.4 is 5.32 Å². The van der Waals surface area contributed by atoms with Crippen molar-refractivity contribution in [3.63, 3.8) is 0 Å². The number of nitrogens with one attached hydrogen (secondary N) is 1. The fourth-order valence-corrected chi connectivity index (χ4v) is 5.99. The fourth-order valence-electron chi connectivity index (χ4n) is 5.99. The third-order valence-electron chi connectivity index (χ3n) is 8.37. The van der Waals surface area contributed by atoms with Gasteiger partial charge in [-0.25, -0.2) is 9.78 Å². The largest absolute Gasteiger partial charge is 0.480 e. The Morgan fingerprint density at radius 3 is 2.34 bits per heavy atom. The van der Waals surface area contributed by atoms with Crippen LogP contribution in [0.2, 0.25) is 0 Å². The average Bonchev–Trinajstić information content (AvgIpc) is 3.20. The molecule has 0 spiro atoms. The van der Waals surface area contributed by atoms with E-state index < -0.39 is 12.0 Å². The Morgan fingerprint density at radius 2 is 1.71 bits per heavy atom. The Balaban J connectivity index is 1.53. The van der Waals surface area contributed by atoms with Crippen LogP contribution in [0.25, 0.3) is 11.0 Å². The van der Waals surface area contributed by atoms with Gasteiger partial charge in [0.05, 0.1) is 11.0 Å². The molecule has 1 aromatic heterocycles. The predicted molar refractivity (Wildman–Crippen MR) is 140 cm³/mol. The Morgan fingerprint density at radius 1 is 1.06 bits per heavy atom. The fraction of sp³-hybridized carbons (Fsp3) is 0.690. The zero-order valence-electron chi connectivity index (χ0n) is 21.6. The molecule has 0 aliphatic heterocycles. The van der Waals surface area contributed by atoms with Gasteiger partial charge in [-0.2, -0.15) is 0 Å². The molecule has 0 bridgehead atoms. The van der Waals surface area contributed by atoms with Crippen molar-refractivity contribution in [3.8, 4) is 0 Å². The molecule has 2 aliphatic carbocycles. The Kier molecular flexibility index (Phi) is 8.85. The van der Waals surface area contributed by atoms with E-state index in [-0.39, 0.29) is 5.91 Å². The number of aliphatic carboxylic acids is 1. The molecule has 2 saturated carbocycles. The van der Waals surface area contributed by atoms with E-state index in [9.17, 15) is 14.7 Å². The minimum absolute atomic E-state index is 0.319. The maximum Gasteiger partial charge on any atom is 0.326 e. The van der Waals surface area contributed by atoms with Crippen molar-refractivity contribution in [2.24, 2.45) is 17.8 Å². The van der Waals surface area contributed by atoms with Gasteiger partial charge in [0.1, 0.15) is 11.9 Å². The molecule has 2 unspecified atom stereocenters. The number of carboxylic acid groups (broad SMARTS) is 1. The van der Waals surface area contributed by atoms with Crippen molar-refractivity contribution in [1.29, 1.82) is 0 Å². The van der Waals surface area contributed by atoms with Crippen molar-refractivity contribution in [1.82, 2.24) is 14.9 Å². The van der Waals surface area contributed by atoms with Crippen LogP contribution in [-0.4, -0.2) is 32.6 Å². The van der Waals surface area contributed by atoms with Gasteiger partial charge in [-0.1, -0.05) is 84.5 Å². The molecule has 0 saturated heterocycles. The standard InChI is InChI=1S/C29H43N3O3/c1-3-20(2)19-32-26-15-14-23(18-24(26)30-27(32)17-22-12-8-5-9-13-22)28(33)31-25(29(34)35)16-21-10-6-4-7-11-21/h14-15,18,20-22,25H,3-13,16-17,19H2,1-2H3,(H,31,33)(H,34,35). The normalized spacial score (nSPS) is 19.5. The molecule has 192 valence electrons. The van der Waals surface area contributed by atoms with Crippen LogP contribution in [0, 0.1) is 17.8 Å². The molecule has 35 heavy (non-hydrogen) atoms. The highest BCUT2D eigenvalue weighted by Gasteiger charge is 2.26. The van der Waals surface area contributed by atoms with Crippen LogP contribution in [0.1, 0.15) is 107 Å². The quantitative estimate of drug-likeness (QED) is 0.414. The lowest BCUT2D eigenvalue weighted by Gasteiger charge is -2.25. The van der Waals surface area contributed by atoms with Crippen LogP contribution >= 0.6 is 0 Å². The minimum atomic E-state index is -0.947. The minimum Gasteiger partial charge on any atom is -0.480 e. The molecule has 2 N–H and O–H groups in total. The van der Waals surface area contributed by atoms with Crippen LogP contribution in [0.3, 0.4) is 0 Å². The van der Waals surface area contributed by atoms with Gasteiger partial charge >= 0.3 is 5.97 Å². The molecule has 6 nitrogen and oxygen atoms in total. The molecule has 2 fully saturated rings. The number of amides is 1. The van der Waals surface area contributed by atoms with Gasteiger partial charge in [-0.15, -0.1) is 0 Å². The molecule has 6 heteroatoms. The van der Waals surface area contributed by atoms with Crippen LogP contribution in [-0.2, 0) is 17.8 Å². The van der Waals surface area contributed by atoms with Crippen molar-refractivity contribution in [2.45, 2.75) is 110 Å². The Labute approximate surface area is 209 Å². The zero-order valence-corrected chi connectivity index (χ0v) is 21.6. The number of nitrogens with zero attached hydrogens (tertiary/aromatic N) is 2. The summed E-state index contributed by atoms with van der Waals surface area (Å²) in [4.78, 5) is 30.0. The van der Waals surface area contributed by atoms with Gasteiger partial charge in [0, 0.05) is 18.5 Å². The summed E-state index contributed by atoms with van der Waals surface area (Å²) < 4.78 is 2.36. The van der Waals surface area contributed by atoms with E-state index >= 15 is 0 Å². The number of fused-ring (bicyclic) bond motifs is 1. The summed E-state index contributed by atoms with van der Waals surface area (Å²) in [7, 11) is 0. The summed E-state index contributed by atoms with van der Waals surface area (Å²) in [5.74, 6) is 1.49. The second kappa shape index (κ2) is 12.0. The molecule has 2 atom stereocenters. The monoisotopic (exact) mass is 481 g/mol. The summed E-state index contributed by atoms with van der Waals surface area (Å²) >= 11 is 0. The van der Waals surface area contributed by atoms with E-state index in [2.05, 4.69) is 23.7 Å². The molecular formula is C29H43N3O3. The number of aromatic nitrogens is 2. The highest BCUT2D eigenvalue weighted by molar-refractivity contribution is 5.99. The van der Waals surface area contributed by atoms with E-state index in [0.717, 1.165) is 61.9 Å². The van der Waals surface area contributed by atoms with Gasteiger partial charge in [-0.3, -0.25) is 4.79 Å². The Hall–Kier alpha value is -2.37. The second-order valence-corrected chi connectivity index (χ2v) is 11.2. The first kappa shape index (κ1) is 25.7. The lowest BCUT2D eigenvalue weighted by Crippen LogP contribution is -2.42. The van der Waals surface area contributed by atoms with Crippen molar-refractivity contribution >= 4 is 22.9 Å². The first-order chi connectivity index (χ1) is 16.9. The second-order valence-electron chi connectivity index (χ2n) is 11.2. The molecule has 1 heterocycles. The summed E-state index contributed by atoms with van der Waals surface area (Å²) in [6.07, 6.45) is 14.8. The van der Waals surface area contributed by atoms with E-state index in [4.69, 9.17) is 4.98 Å². The molecule has 2 aromatic rings. The first-order valence-corrected chi connectivity index (χ1v) is 14.0. The smallest absolute Gasteiger partial charge is 0.326 e. The molecule has 2 aliphatic rings. The lowest BCUT2D eigenvalue weighted by atomic mass is 9.85. The van der Waals surface area contributed by atoms with Gasteiger partial charge < -0.3 is 15.0 Å².